The van der Waals surface area contributed by atoms with Crippen LogP contribution in [0.5, 0.6) is 11.5 Å². The summed E-state index contributed by atoms with van der Waals surface area (Å²) < 4.78 is 0.833. The van der Waals surface area contributed by atoms with Gasteiger partial charge < -0.3 is 15.9 Å². The number of phenols is 2. The molecular formula is C13H18BrNO2. The van der Waals surface area contributed by atoms with Crippen molar-refractivity contribution in [1.29, 1.82) is 0 Å². The van der Waals surface area contributed by atoms with Crippen LogP contribution < -0.4 is 5.73 Å². The Kier molecular flexibility index (Phi) is 3.64. The number of hydrogen-bond acceptors (Lipinski definition) is 3. The van der Waals surface area contributed by atoms with Crippen LogP contribution in [0.3, 0.4) is 0 Å². The maximum Gasteiger partial charge on any atom is 0.162 e. The third-order valence-electron chi connectivity index (χ3n) is 3.84. The van der Waals surface area contributed by atoms with Crippen molar-refractivity contribution in [2.45, 2.75) is 37.5 Å². The van der Waals surface area contributed by atoms with Gasteiger partial charge in [-0.05, 0) is 25.0 Å². The van der Waals surface area contributed by atoms with Crippen molar-refractivity contribution < 1.29 is 10.2 Å². The standard InChI is InChI=1S/C13H18BrNO2/c14-9-4-5-10(16)12(17)11(9)13(8-15)6-2-1-3-7-13/h4-5,16-17H,1-3,6-8,15H2. The molecule has 0 radical (unpaired) electrons. The molecule has 0 atom stereocenters. The SMILES string of the molecule is NCC1(c2c(Br)ccc(O)c2O)CCCCC1. The molecule has 1 aromatic carbocycles. The van der Waals surface area contributed by atoms with Crippen molar-refractivity contribution in [1.82, 2.24) is 0 Å². The van der Waals surface area contributed by atoms with E-state index in [2.05, 4.69) is 15.9 Å². The molecule has 1 aromatic rings. The fourth-order valence-corrected chi connectivity index (χ4v) is 3.59. The normalized spacial score (nSPS) is 19.2. The van der Waals surface area contributed by atoms with E-state index < -0.39 is 0 Å². The molecule has 4 N–H and O–H groups in total. The molecule has 0 heterocycles. The van der Waals surface area contributed by atoms with E-state index >= 15 is 0 Å². The number of halogens is 1. The summed E-state index contributed by atoms with van der Waals surface area (Å²) in [7, 11) is 0. The van der Waals surface area contributed by atoms with Crippen molar-refractivity contribution in [2.24, 2.45) is 5.73 Å². The van der Waals surface area contributed by atoms with Gasteiger partial charge in [-0.15, -0.1) is 0 Å². The number of benzene rings is 1. The van der Waals surface area contributed by atoms with Crippen molar-refractivity contribution >= 4 is 15.9 Å². The average molecular weight is 300 g/mol. The van der Waals surface area contributed by atoms with Crippen LogP contribution in [-0.4, -0.2) is 16.8 Å². The molecule has 0 aromatic heterocycles. The highest BCUT2D eigenvalue weighted by Crippen LogP contribution is 2.48. The second kappa shape index (κ2) is 4.86. The van der Waals surface area contributed by atoms with Gasteiger partial charge >= 0.3 is 0 Å². The average Bonchev–Trinajstić information content (AvgIpc) is 2.35. The number of phenolic OH excluding ortho intramolecular Hbond substituents is 2. The van der Waals surface area contributed by atoms with Gasteiger partial charge in [0.15, 0.2) is 11.5 Å². The van der Waals surface area contributed by atoms with E-state index in [1.807, 2.05) is 0 Å². The third-order valence-corrected chi connectivity index (χ3v) is 4.50. The van der Waals surface area contributed by atoms with Gasteiger partial charge in [0.1, 0.15) is 0 Å². The first-order chi connectivity index (χ1) is 8.10. The predicted octanol–water partition coefficient (Wildman–Crippen LogP) is 3.02. The zero-order valence-electron chi connectivity index (χ0n) is 9.75. The molecule has 0 bridgehead atoms. The van der Waals surface area contributed by atoms with Crippen molar-refractivity contribution in [3.8, 4) is 11.5 Å². The molecule has 0 unspecified atom stereocenters. The minimum atomic E-state index is -0.195. The molecule has 0 spiro atoms. The lowest BCUT2D eigenvalue weighted by molar-refractivity contribution is 0.285. The van der Waals surface area contributed by atoms with Crippen LogP contribution in [0.25, 0.3) is 0 Å². The Morgan fingerprint density at radius 1 is 1.18 bits per heavy atom. The molecule has 1 fully saturated rings. The van der Waals surface area contributed by atoms with Crippen LogP contribution in [-0.2, 0) is 5.41 Å². The lowest BCUT2D eigenvalue weighted by atomic mass is 9.69. The molecule has 1 aliphatic carbocycles. The molecule has 2 rings (SSSR count). The van der Waals surface area contributed by atoms with E-state index in [0.29, 0.717) is 6.54 Å². The van der Waals surface area contributed by atoms with Gasteiger partial charge in [0.25, 0.3) is 0 Å². The summed E-state index contributed by atoms with van der Waals surface area (Å²) in [6, 6.07) is 3.27. The van der Waals surface area contributed by atoms with Gasteiger partial charge in [-0.25, -0.2) is 0 Å². The van der Waals surface area contributed by atoms with Gasteiger partial charge in [0.05, 0.1) is 0 Å². The zero-order chi connectivity index (χ0) is 12.5. The highest BCUT2D eigenvalue weighted by molar-refractivity contribution is 9.10. The van der Waals surface area contributed by atoms with E-state index in [0.717, 1.165) is 35.7 Å². The van der Waals surface area contributed by atoms with Crippen LogP contribution in [0.4, 0.5) is 0 Å². The Labute approximate surface area is 110 Å². The van der Waals surface area contributed by atoms with Crippen LogP contribution in [0, 0.1) is 0 Å². The maximum absolute atomic E-state index is 10.1. The van der Waals surface area contributed by atoms with E-state index in [1.165, 1.54) is 12.5 Å². The Bertz CT molecular complexity index is 414. The largest absolute Gasteiger partial charge is 0.504 e. The van der Waals surface area contributed by atoms with Gasteiger partial charge in [0.2, 0.25) is 0 Å². The van der Waals surface area contributed by atoms with Gasteiger partial charge in [-0.1, -0.05) is 35.2 Å². The molecule has 4 heteroatoms. The fourth-order valence-electron chi connectivity index (χ4n) is 2.84. The molecule has 3 nitrogen and oxygen atoms in total. The van der Waals surface area contributed by atoms with Crippen LogP contribution in [0.2, 0.25) is 0 Å². The first-order valence-electron chi connectivity index (χ1n) is 6.02. The molecule has 1 aliphatic rings. The highest BCUT2D eigenvalue weighted by Gasteiger charge is 2.37. The lowest BCUT2D eigenvalue weighted by Gasteiger charge is -2.37. The summed E-state index contributed by atoms with van der Waals surface area (Å²) in [5.41, 5.74) is 6.53. The van der Waals surface area contributed by atoms with E-state index in [-0.39, 0.29) is 16.9 Å². The maximum atomic E-state index is 10.1. The second-order valence-corrected chi connectivity index (χ2v) is 5.69. The Balaban J connectivity index is 2.53. The monoisotopic (exact) mass is 299 g/mol. The number of aromatic hydroxyl groups is 2. The van der Waals surface area contributed by atoms with E-state index in [1.54, 1.807) is 6.07 Å². The molecule has 1 saturated carbocycles. The first kappa shape index (κ1) is 12.7. The summed E-state index contributed by atoms with van der Waals surface area (Å²) in [5, 5.41) is 19.7. The van der Waals surface area contributed by atoms with Crippen LogP contribution in [0.1, 0.15) is 37.7 Å². The highest BCUT2D eigenvalue weighted by atomic mass is 79.9. The Morgan fingerprint density at radius 2 is 1.82 bits per heavy atom. The summed E-state index contributed by atoms with van der Waals surface area (Å²) in [6.07, 6.45) is 5.41. The van der Waals surface area contributed by atoms with E-state index in [9.17, 15) is 10.2 Å². The molecule has 17 heavy (non-hydrogen) atoms. The second-order valence-electron chi connectivity index (χ2n) is 4.84. The molecular weight excluding hydrogens is 282 g/mol. The number of hydrogen-bond donors (Lipinski definition) is 3. The topological polar surface area (TPSA) is 66.5 Å². The fraction of sp³-hybridized carbons (Fsp3) is 0.538. The number of nitrogens with two attached hydrogens (primary N) is 1. The summed E-state index contributed by atoms with van der Waals surface area (Å²) >= 11 is 3.47. The summed E-state index contributed by atoms with van der Waals surface area (Å²) in [5.74, 6) is -0.0895. The van der Waals surface area contributed by atoms with Crippen molar-refractivity contribution in [3.05, 3.63) is 22.2 Å². The van der Waals surface area contributed by atoms with E-state index in [4.69, 9.17) is 5.73 Å². The smallest absolute Gasteiger partial charge is 0.162 e. The van der Waals surface area contributed by atoms with Gasteiger partial charge in [0, 0.05) is 22.0 Å². The summed E-state index contributed by atoms with van der Waals surface area (Å²) in [4.78, 5) is 0. The number of rotatable bonds is 2. The Morgan fingerprint density at radius 3 is 2.41 bits per heavy atom. The minimum Gasteiger partial charge on any atom is -0.504 e. The van der Waals surface area contributed by atoms with Gasteiger partial charge in [-0.2, -0.15) is 0 Å². The van der Waals surface area contributed by atoms with Gasteiger partial charge in [-0.3, -0.25) is 0 Å². The quantitative estimate of drug-likeness (QED) is 0.736. The first-order valence-corrected chi connectivity index (χ1v) is 6.81. The predicted molar refractivity (Wildman–Crippen MR) is 71.3 cm³/mol. The summed E-state index contributed by atoms with van der Waals surface area (Å²) in [6.45, 7) is 0.503. The van der Waals surface area contributed by atoms with Crippen molar-refractivity contribution in [3.63, 3.8) is 0 Å². The lowest BCUT2D eigenvalue weighted by Crippen LogP contribution is -2.37. The van der Waals surface area contributed by atoms with Crippen molar-refractivity contribution in [2.75, 3.05) is 6.54 Å². The third kappa shape index (κ3) is 2.16. The molecule has 94 valence electrons. The molecule has 0 amide bonds. The minimum absolute atomic E-state index is 0.0216. The molecule has 0 saturated heterocycles. The molecule has 0 aliphatic heterocycles. The Hall–Kier alpha value is -0.740. The van der Waals surface area contributed by atoms with Crippen LogP contribution in [0.15, 0.2) is 16.6 Å². The van der Waals surface area contributed by atoms with Crippen LogP contribution >= 0.6 is 15.9 Å². The zero-order valence-corrected chi connectivity index (χ0v) is 11.3.